The van der Waals surface area contributed by atoms with Gasteiger partial charge < -0.3 is 5.73 Å². The van der Waals surface area contributed by atoms with Crippen molar-refractivity contribution in [1.82, 2.24) is 9.97 Å². The number of benzene rings is 2. The second kappa shape index (κ2) is 10.3. The highest BCUT2D eigenvalue weighted by Gasteiger charge is 1.91. The Hall–Kier alpha value is -3.53. The van der Waals surface area contributed by atoms with E-state index in [2.05, 4.69) is 64.2 Å². The zero-order valence-electron chi connectivity index (χ0n) is 13.7. The number of hydrogen-bond acceptors (Lipinski definition) is 3. The first-order chi connectivity index (χ1) is 12.3. The minimum atomic E-state index is 0.250. The lowest BCUT2D eigenvalue weighted by atomic mass is 10.1. The van der Waals surface area contributed by atoms with Gasteiger partial charge in [-0.05, 0) is 35.4 Å². The third kappa shape index (κ3) is 5.88. The summed E-state index contributed by atoms with van der Waals surface area (Å²) in [4.78, 5) is 16.8. The third-order valence-electron chi connectivity index (χ3n) is 3.25. The summed E-state index contributed by atoms with van der Waals surface area (Å²) in [5.74, 6) is 0. The maximum Gasteiger partial charge on any atom is 0.204 e. The molecule has 4 heteroatoms. The number of carbonyl (C=O) groups is 1. The molecule has 4 aromatic rings. The Morgan fingerprint density at radius 1 is 0.600 bits per heavy atom. The van der Waals surface area contributed by atoms with Gasteiger partial charge in [-0.15, -0.1) is 0 Å². The van der Waals surface area contributed by atoms with E-state index in [0.717, 1.165) is 11.0 Å². The lowest BCUT2D eigenvalue weighted by Crippen LogP contribution is -1.82. The summed E-state index contributed by atoms with van der Waals surface area (Å²) in [6, 6.07) is 28.4. The van der Waals surface area contributed by atoms with Crippen LogP contribution in [0.25, 0.3) is 22.2 Å². The molecule has 4 rings (SSSR count). The number of nitrogens with two attached hydrogens (primary N) is 1. The molecule has 0 unspecified atom stereocenters. The van der Waals surface area contributed by atoms with Crippen molar-refractivity contribution in [3.05, 3.63) is 97.3 Å². The predicted molar refractivity (Wildman–Crippen MR) is 102 cm³/mol. The molecule has 4 nitrogen and oxygen atoms in total. The van der Waals surface area contributed by atoms with E-state index >= 15 is 0 Å². The molecule has 2 N–H and O–H groups in total. The molecule has 0 bridgehead atoms. The third-order valence-corrected chi connectivity index (χ3v) is 3.25. The Labute approximate surface area is 147 Å². The van der Waals surface area contributed by atoms with Crippen LogP contribution >= 0.6 is 0 Å². The standard InChI is InChI=1S/C12H10.C8H6N2.CH3NO/c1-3-7-11(8-4-1)12-9-5-2-6-10-12;1-3-7-8(9-5-1)4-2-6-10-7;2-1-3/h1-10H;1-6H;1H,(H2,2,3). The van der Waals surface area contributed by atoms with Crippen molar-refractivity contribution in [1.29, 1.82) is 0 Å². The van der Waals surface area contributed by atoms with Crippen LogP contribution in [-0.2, 0) is 4.79 Å². The Morgan fingerprint density at radius 3 is 1.32 bits per heavy atom. The van der Waals surface area contributed by atoms with Gasteiger partial charge in [-0.1, -0.05) is 60.7 Å². The SMILES string of the molecule is NC=O.c1ccc(-c2ccccc2)cc1.c1cnc2cccnc2c1. The zero-order valence-corrected chi connectivity index (χ0v) is 13.7. The van der Waals surface area contributed by atoms with E-state index in [9.17, 15) is 0 Å². The minimum Gasteiger partial charge on any atom is -0.372 e. The molecule has 25 heavy (non-hydrogen) atoms. The average Bonchev–Trinajstić information content (AvgIpc) is 2.71. The molecule has 0 saturated heterocycles. The molecule has 0 aliphatic carbocycles. The van der Waals surface area contributed by atoms with Crippen molar-refractivity contribution < 1.29 is 4.79 Å². The largest absolute Gasteiger partial charge is 0.372 e. The maximum absolute atomic E-state index is 8.58. The minimum absolute atomic E-state index is 0.250. The van der Waals surface area contributed by atoms with Crippen molar-refractivity contribution in [3.8, 4) is 11.1 Å². The van der Waals surface area contributed by atoms with E-state index in [1.807, 2.05) is 36.4 Å². The molecule has 2 aromatic carbocycles. The quantitative estimate of drug-likeness (QED) is 0.535. The Balaban J connectivity index is 0.000000158. The summed E-state index contributed by atoms with van der Waals surface area (Å²) in [5, 5.41) is 0. The maximum atomic E-state index is 8.58. The average molecular weight is 329 g/mol. The van der Waals surface area contributed by atoms with Gasteiger partial charge in [0.15, 0.2) is 0 Å². The lowest BCUT2D eigenvalue weighted by molar-refractivity contribution is -0.106. The van der Waals surface area contributed by atoms with E-state index in [4.69, 9.17) is 4.79 Å². The van der Waals surface area contributed by atoms with Gasteiger partial charge in [0, 0.05) is 12.4 Å². The fourth-order valence-corrected chi connectivity index (χ4v) is 2.17. The molecule has 1 amide bonds. The second-order valence-electron chi connectivity index (χ2n) is 4.91. The van der Waals surface area contributed by atoms with Crippen LogP contribution in [-0.4, -0.2) is 16.4 Å². The van der Waals surface area contributed by atoms with Crippen LogP contribution in [0, 0.1) is 0 Å². The molecule has 0 spiro atoms. The Kier molecular flexibility index (Phi) is 7.33. The van der Waals surface area contributed by atoms with Crippen molar-refractivity contribution in [3.63, 3.8) is 0 Å². The van der Waals surface area contributed by atoms with E-state index < -0.39 is 0 Å². The molecule has 0 aliphatic heterocycles. The normalized spacial score (nSPS) is 9.12. The number of carbonyl (C=O) groups excluding carboxylic acids is 1. The van der Waals surface area contributed by atoms with Crippen molar-refractivity contribution in [2.24, 2.45) is 5.73 Å². The number of pyridine rings is 2. The van der Waals surface area contributed by atoms with Crippen LogP contribution in [0.1, 0.15) is 0 Å². The number of nitrogens with zero attached hydrogens (tertiary/aromatic N) is 2. The van der Waals surface area contributed by atoms with Gasteiger partial charge in [0.1, 0.15) is 0 Å². The summed E-state index contributed by atoms with van der Waals surface area (Å²) in [5.41, 5.74) is 8.62. The first-order valence-electron chi connectivity index (χ1n) is 7.76. The van der Waals surface area contributed by atoms with Crippen LogP contribution in [0.4, 0.5) is 0 Å². The van der Waals surface area contributed by atoms with Crippen molar-refractivity contribution in [2.45, 2.75) is 0 Å². The predicted octanol–water partition coefficient (Wildman–Crippen LogP) is 4.08. The van der Waals surface area contributed by atoms with E-state index in [1.54, 1.807) is 12.4 Å². The molecule has 2 heterocycles. The monoisotopic (exact) mass is 329 g/mol. The van der Waals surface area contributed by atoms with Crippen LogP contribution in [0.5, 0.6) is 0 Å². The molecule has 124 valence electrons. The summed E-state index contributed by atoms with van der Waals surface area (Å²) in [6.45, 7) is 0. The number of hydrogen-bond donors (Lipinski definition) is 1. The van der Waals surface area contributed by atoms with Gasteiger partial charge >= 0.3 is 0 Å². The number of primary amides is 1. The molecular weight excluding hydrogens is 310 g/mol. The van der Waals surface area contributed by atoms with E-state index in [1.165, 1.54) is 11.1 Å². The van der Waals surface area contributed by atoms with Gasteiger partial charge in [-0.2, -0.15) is 0 Å². The molecule has 0 atom stereocenters. The number of fused-ring (bicyclic) bond motifs is 1. The topological polar surface area (TPSA) is 68.9 Å². The molecule has 0 aliphatic rings. The van der Waals surface area contributed by atoms with Crippen LogP contribution in [0.3, 0.4) is 0 Å². The molecular formula is C21H19N3O. The summed E-state index contributed by atoms with van der Waals surface area (Å²) in [6.07, 6.45) is 3.79. The van der Waals surface area contributed by atoms with Gasteiger partial charge in [0.05, 0.1) is 11.0 Å². The van der Waals surface area contributed by atoms with Gasteiger partial charge in [-0.25, -0.2) is 0 Å². The highest BCUT2D eigenvalue weighted by atomic mass is 16.1. The highest BCUT2D eigenvalue weighted by Crippen LogP contribution is 2.17. The van der Waals surface area contributed by atoms with Crippen LogP contribution in [0.15, 0.2) is 97.3 Å². The van der Waals surface area contributed by atoms with Gasteiger partial charge in [-0.3, -0.25) is 14.8 Å². The first-order valence-corrected chi connectivity index (χ1v) is 7.76. The number of amides is 1. The fourth-order valence-electron chi connectivity index (χ4n) is 2.17. The fraction of sp³-hybridized carbons (Fsp3) is 0. The molecule has 0 fully saturated rings. The van der Waals surface area contributed by atoms with Gasteiger partial charge in [0.2, 0.25) is 6.41 Å². The van der Waals surface area contributed by atoms with Crippen molar-refractivity contribution in [2.75, 3.05) is 0 Å². The second-order valence-corrected chi connectivity index (χ2v) is 4.91. The number of aromatic nitrogens is 2. The zero-order chi connectivity index (χ0) is 17.7. The summed E-state index contributed by atoms with van der Waals surface area (Å²) < 4.78 is 0. The molecule has 2 aromatic heterocycles. The Bertz CT molecular complexity index is 778. The highest BCUT2D eigenvalue weighted by molar-refractivity contribution is 5.72. The lowest BCUT2D eigenvalue weighted by Gasteiger charge is -1.98. The van der Waals surface area contributed by atoms with E-state index in [0.29, 0.717) is 0 Å². The summed E-state index contributed by atoms with van der Waals surface area (Å²) >= 11 is 0. The van der Waals surface area contributed by atoms with Gasteiger partial charge in [0.25, 0.3) is 0 Å². The molecule has 0 radical (unpaired) electrons. The Morgan fingerprint density at radius 2 is 0.960 bits per heavy atom. The van der Waals surface area contributed by atoms with Crippen LogP contribution < -0.4 is 5.73 Å². The number of rotatable bonds is 1. The summed E-state index contributed by atoms with van der Waals surface area (Å²) in [7, 11) is 0. The smallest absolute Gasteiger partial charge is 0.204 e. The molecule has 0 saturated carbocycles. The van der Waals surface area contributed by atoms with E-state index in [-0.39, 0.29) is 6.41 Å². The first kappa shape index (κ1) is 17.8. The van der Waals surface area contributed by atoms with Crippen molar-refractivity contribution >= 4 is 17.4 Å². The van der Waals surface area contributed by atoms with Crippen LogP contribution in [0.2, 0.25) is 0 Å².